The van der Waals surface area contributed by atoms with E-state index in [1.54, 1.807) is 14.2 Å². The van der Waals surface area contributed by atoms with Gasteiger partial charge in [0.1, 0.15) is 0 Å². The molecule has 0 unspecified atom stereocenters. The minimum absolute atomic E-state index is 0.648. The molecule has 6 heteroatoms. The summed E-state index contributed by atoms with van der Waals surface area (Å²) < 4.78 is 16.9. The first-order valence-corrected chi connectivity index (χ1v) is 10.3. The van der Waals surface area contributed by atoms with E-state index in [-0.39, 0.29) is 0 Å². The Kier molecular flexibility index (Phi) is 7.34. The topological polar surface area (TPSA) is 55.9 Å². The van der Waals surface area contributed by atoms with Gasteiger partial charge in [0.25, 0.3) is 0 Å². The zero-order valence-electron chi connectivity index (χ0n) is 17.6. The zero-order chi connectivity index (χ0) is 19.9. The molecule has 1 heterocycles. The number of aromatic nitrogens is 1. The van der Waals surface area contributed by atoms with Crippen LogP contribution < -0.4 is 14.8 Å². The summed E-state index contributed by atoms with van der Waals surface area (Å²) >= 11 is 0. The summed E-state index contributed by atoms with van der Waals surface area (Å²) in [6.07, 6.45) is 4.27. The molecule has 1 aromatic heterocycles. The molecule has 154 valence electrons. The van der Waals surface area contributed by atoms with Crippen LogP contribution in [0.2, 0.25) is 0 Å². The number of rotatable bonds is 11. The minimum atomic E-state index is 0.648. The van der Waals surface area contributed by atoms with E-state index in [0.29, 0.717) is 6.61 Å². The summed E-state index contributed by atoms with van der Waals surface area (Å²) in [5.41, 5.74) is 4.71. The largest absolute Gasteiger partial charge is 0.493 e. The van der Waals surface area contributed by atoms with Crippen LogP contribution in [0.25, 0.3) is 10.9 Å². The quantitative estimate of drug-likeness (QED) is 0.596. The number of methoxy groups -OCH3 is 2. The summed E-state index contributed by atoms with van der Waals surface area (Å²) in [6, 6.07) is 4.08. The smallest absolute Gasteiger partial charge is 0.163 e. The third-order valence-corrected chi connectivity index (χ3v) is 5.48. The molecule has 0 atom stereocenters. The Morgan fingerprint density at radius 2 is 1.96 bits per heavy atom. The number of aryl methyl sites for hydroxylation is 1. The lowest BCUT2D eigenvalue weighted by molar-refractivity contribution is 0.145. The first kappa shape index (κ1) is 20.7. The van der Waals surface area contributed by atoms with Gasteiger partial charge in [0, 0.05) is 50.1 Å². The van der Waals surface area contributed by atoms with Crippen molar-refractivity contribution < 1.29 is 14.2 Å². The highest BCUT2D eigenvalue weighted by Crippen LogP contribution is 2.39. The van der Waals surface area contributed by atoms with Crippen molar-refractivity contribution >= 4 is 16.6 Å². The number of ether oxygens (including phenoxy) is 3. The number of hydrogen-bond acceptors (Lipinski definition) is 6. The maximum atomic E-state index is 6.09. The van der Waals surface area contributed by atoms with Crippen LogP contribution in [0.3, 0.4) is 0 Å². The number of anilines is 1. The normalized spacial score (nSPS) is 13.2. The number of hydrogen-bond donors (Lipinski definition) is 1. The van der Waals surface area contributed by atoms with E-state index in [2.05, 4.69) is 23.2 Å². The van der Waals surface area contributed by atoms with Crippen molar-refractivity contribution in [1.82, 2.24) is 9.88 Å². The van der Waals surface area contributed by atoms with Crippen LogP contribution in [0.5, 0.6) is 11.5 Å². The Labute approximate surface area is 168 Å². The number of nitrogens with one attached hydrogen (secondary N) is 1. The molecule has 0 saturated carbocycles. The predicted molar refractivity (Wildman–Crippen MR) is 114 cm³/mol. The highest BCUT2D eigenvalue weighted by molar-refractivity contribution is 5.95. The van der Waals surface area contributed by atoms with E-state index in [1.165, 1.54) is 23.4 Å². The molecule has 0 amide bonds. The fourth-order valence-electron chi connectivity index (χ4n) is 3.95. The fourth-order valence-corrected chi connectivity index (χ4v) is 3.95. The molecule has 1 aromatic carbocycles. The molecule has 1 aliphatic carbocycles. The van der Waals surface area contributed by atoms with Crippen molar-refractivity contribution in [2.24, 2.45) is 0 Å². The zero-order valence-corrected chi connectivity index (χ0v) is 17.6. The fraction of sp³-hybridized carbons (Fsp3) is 0.591. The number of fused-ring (bicyclic) bond motifs is 2. The summed E-state index contributed by atoms with van der Waals surface area (Å²) in [5.74, 6) is 1.53. The van der Waals surface area contributed by atoms with Gasteiger partial charge in [-0.25, -0.2) is 0 Å². The molecular formula is C22H33N3O3. The van der Waals surface area contributed by atoms with Crippen LogP contribution >= 0.6 is 0 Å². The Morgan fingerprint density at radius 1 is 1.11 bits per heavy atom. The van der Waals surface area contributed by atoms with E-state index in [4.69, 9.17) is 19.2 Å². The van der Waals surface area contributed by atoms with E-state index >= 15 is 0 Å². The van der Waals surface area contributed by atoms with Crippen LogP contribution in [0.15, 0.2) is 12.1 Å². The molecular weight excluding hydrogens is 354 g/mol. The summed E-state index contributed by atoms with van der Waals surface area (Å²) in [6.45, 7) is 6.54. The Balaban J connectivity index is 1.73. The molecule has 0 fully saturated rings. The standard InChI is InChI=1S/C22H33N3O3/c1-5-25(11-13-26-3)10-7-12-28-21-15-19-17(14-20(21)27-4)22(23-2)16-8-6-9-18(16)24-19/h14-15H,5-13H2,1-4H3,(H,23,24). The molecule has 28 heavy (non-hydrogen) atoms. The van der Waals surface area contributed by atoms with Crippen LogP contribution in [0, 0.1) is 0 Å². The van der Waals surface area contributed by atoms with Gasteiger partial charge in [-0.15, -0.1) is 0 Å². The molecule has 1 N–H and O–H groups in total. The Bertz CT molecular complexity index is 794. The monoisotopic (exact) mass is 387 g/mol. The van der Waals surface area contributed by atoms with Crippen molar-refractivity contribution in [3.05, 3.63) is 23.4 Å². The van der Waals surface area contributed by atoms with E-state index in [1.807, 2.05) is 13.1 Å². The first-order valence-electron chi connectivity index (χ1n) is 10.3. The van der Waals surface area contributed by atoms with Crippen molar-refractivity contribution in [1.29, 1.82) is 0 Å². The number of pyridine rings is 1. The van der Waals surface area contributed by atoms with Gasteiger partial charge < -0.3 is 24.4 Å². The summed E-state index contributed by atoms with van der Waals surface area (Å²) in [4.78, 5) is 7.28. The SMILES string of the molecule is CCN(CCCOc1cc2nc3c(c(NC)c2cc1OC)CCC3)CCOC. The van der Waals surface area contributed by atoms with Crippen molar-refractivity contribution in [2.75, 3.05) is 59.4 Å². The van der Waals surface area contributed by atoms with Gasteiger partial charge in [-0.05, 0) is 43.9 Å². The Morgan fingerprint density at radius 3 is 2.68 bits per heavy atom. The summed E-state index contributed by atoms with van der Waals surface area (Å²) in [7, 11) is 5.41. The van der Waals surface area contributed by atoms with Gasteiger partial charge in [0.2, 0.25) is 0 Å². The highest BCUT2D eigenvalue weighted by atomic mass is 16.5. The van der Waals surface area contributed by atoms with Crippen molar-refractivity contribution in [3.63, 3.8) is 0 Å². The number of benzene rings is 1. The van der Waals surface area contributed by atoms with Crippen LogP contribution in [-0.4, -0.2) is 64.0 Å². The van der Waals surface area contributed by atoms with Gasteiger partial charge >= 0.3 is 0 Å². The lowest BCUT2D eigenvalue weighted by Gasteiger charge is -2.20. The minimum Gasteiger partial charge on any atom is -0.493 e. The van der Waals surface area contributed by atoms with Crippen LogP contribution in [0.1, 0.15) is 31.0 Å². The van der Waals surface area contributed by atoms with Gasteiger partial charge in [0.15, 0.2) is 11.5 Å². The van der Waals surface area contributed by atoms with Gasteiger partial charge in [-0.3, -0.25) is 4.98 Å². The maximum Gasteiger partial charge on any atom is 0.163 e. The van der Waals surface area contributed by atoms with E-state index < -0.39 is 0 Å². The molecule has 0 saturated heterocycles. The molecule has 0 aliphatic heterocycles. The van der Waals surface area contributed by atoms with Gasteiger partial charge in [0.05, 0.1) is 25.8 Å². The average molecular weight is 388 g/mol. The third kappa shape index (κ3) is 4.50. The lowest BCUT2D eigenvalue weighted by Crippen LogP contribution is -2.29. The van der Waals surface area contributed by atoms with Crippen LogP contribution in [0.4, 0.5) is 5.69 Å². The maximum absolute atomic E-state index is 6.09. The molecule has 1 aliphatic rings. The second-order valence-corrected chi connectivity index (χ2v) is 7.16. The molecule has 0 spiro atoms. The van der Waals surface area contributed by atoms with Crippen molar-refractivity contribution in [2.45, 2.75) is 32.6 Å². The highest BCUT2D eigenvalue weighted by Gasteiger charge is 2.20. The molecule has 6 nitrogen and oxygen atoms in total. The van der Waals surface area contributed by atoms with Crippen molar-refractivity contribution in [3.8, 4) is 11.5 Å². The molecule has 3 rings (SSSR count). The molecule has 0 radical (unpaired) electrons. The van der Waals surface area contributed by atoms with Gasteiger partial charge in [-0.1, -0.05) is 6.92 Å². The Hall–Kier alpha value is -2.05. The third-order valence-electron chi connectivity index (χ3n) is 5.48. The first-order chi connectivity index (χ1) is 13.7. The predicted octanol–water partition coefficient (Wildman–Crippen LogP) is 3.51. The second-order valence-electron chi connectivity index (χ2n) is 7.16. The molecule has 0 bridgehead atoms. The van der Waals surface area contributed by atoms with Crippen LogP contribution in [-0.2, 0) is 17.6 Å². The lowest BCUT2D eigenvalue weighted by atomic mass is 10.1. The average Bonchev–Trinajstić information content (AvgIpc) is 3.18. The van der Waals surface area contributed by atoms with E-state index in [0.717, 1.165) is 67.9 Å². The van der Waals surface area contributed by atoms with E-state index in [9.17, 15) is 0 Å². The number of likely N-dealkylation sites (N-methyl/N-ethyl adjacent to an activating group) is 1. The summed E-state index contributed by atoms with van der Waals surface area (Å²) in [5, 5.41) is 4.48. The van der Waals surface area contributed by atoms with Gasteiger partial charge in [-0.2, -0.15) is 0 Å². The number of nitrogens with zero attached hydrogens (tertiary/aromatic N) is 2. The molecule has 2 aromatic rings. The second kappa shape index (κ2) is 9.94.